The summed E-state index contributed by atoms with van der Waals surface area (Å²) in [5.74, 6) is 0.155. The van der Waals surface area contributed by atoms with Crippen molar-refractivity contribution in [2.24, 2.45) is 0 Å². The number of hydrogen-bond donors (Lipinski definition) is 1. The van der Waals surface area contributed by atoms with Gasteiger partial charge in [-0.3, -0.25) is 9.59 Å². The van der Waals surface area contributed by atoms with Crippen molar-refractivity contribution < 1.29 is 14.3 Å². The Morgan fingerprint density at radius 1 is 1.18 bits per heavy atom. The monoisotopic (exact) mass is 421 g/mol. The number of likely N-dealkylation sites (N-methyl/N-ethyl adjacent to an activating group) is 1. The van der Waals surface area contributed by atoms with Crippen LogP contribution in [0.4, 0.5) is 11.4 Å². The normalized spacial score (nSPS) is 16.0. The van der Waals surface area contributed by atoms with Gasteiger partial charge in [0.1, 0.15) is 5.75 Å². The van der Waals surface area contributed by atoms with E-state index >= 15 is 0 Å². The van der Waals surface area contributed by atoms with Gasteiger partial charge in [0, 0.05) is 30.4 Å². The van der Waals surface area contributed by atoms with Crippen LogP contribution in [-0.2, 0) is 4.79 Å². The van der Waals surface area contributed by atoms with Crippen LogP contribution in [0.1, 0.15) is 17.3 Å². The van der Waals surface area contributed by atoms with Crippen LogP contribution in [0, 0.1) is 0 Å². The first kappa shape index (κ1) is 20.5. The SMILES string of the molecule is CC1Oc2cc(NC(=O)c3ccc(Cl)c(Cl)c3)ccc2N(CCN(C)C)C1=O. The van der Waals surface area contributed by atoms with Crippen molar-refractivity contribution >= 4 is 46.4 Å². The van der Waals surface area contributed by atoms with Gasteiger partial charge in [0.05, 0.1) is 15.7 Å². The van der Waals surface area contributed by atoms with E-state index < -0.39 is 6.10 Å². The maximum absolute atomic E-state index is 12.5. The van der Waals surface area contributed by atoms with Gasteiger partial charge in [0.15, 0.2) is 6.10 Å². The smallest absolute Gasteiger partial charge is 0.267 e. The van der Waals surface area contributed by atoms with Gasteiger partial charge in [-0.25, -0.2) is 0 Å². The summed E-state index contributed by atoms with van der Waals surface area (Å²) in [7, 11) is 3.91. The molecule has 0 bridgehead atoms. The summed E-state index contributed by atoms with van der Waals surface area (Å²) in [5, 5.41) is 3.51. The molecule has 0 aliphatic carbocycles. The molecule has 2 aromatic rings. The Hall–Kier alpha value is -2.28. The van der Waals surface area contributed by atoms with Crippen molar-refractivity contribution in [3.05, 3.63) is 52.0 Å². The molecule has 28 heavy (non-hydrogen) atoms. The third kappa shape index (κ3) is 4.41. The predicted molar refractivity (Wildman–Crippen MR) is 112 cm³/mol. The van der Waals surface area contributed by atoms with E-state index in [2.05, 4.69) is 5.32 Å². The van der Waals surface area contributed by atoms with E-state index in [0.717, 1.165) is 6.54 Å². The summed E-state index contributed by atoms with van der Waals surface area (Å²) in [6.07, 6.45) is -0.587. The zero-order valence-corrected chi connectivity index (χ0v) is 17.3. The molecule has 1 N–H and O–H groups in total. The molecule has 1 aliphatic rings. The molecule has 2 aromatic carbocycles. The van der Waals surface area contributed by atoms with Crippen molar-refractivity contribution in [2.75, 3.05) is 37.4 Å². The third-order valence-corrected chi connectivity index (χ3v) is 5.12. The van der Waals surface area contributed by atoms with Gasteiger partial charge >= 0.3 is 0 Å². The molecular weight excluding hydrogens is 401 g/mol. The first-order chi connectivity index (χ1) is 13.3. The molecule has 0 radical (unpaired) electrons. The van der Waals surface area contributed by atoms with E-state index in [1.54, 1.807) is 42.2 Å². The fourth-order valence-corrected chi connectivity index (χ4v) is 3.16. The second-order valence-corrected chi connectivity index (χ2v) is 7.63. The fraction of sp³-hybridized carbons (Fsp3) is 0.300. The van der Waals surface area contributed by atoms with Gasteiger partial charge in [-0.1, -0.05) is 23.2 Å². The number of carbonyl (C=O) groups is 2. The first-order valence-corrected chi connectivity index (χ1v) is 9.55. The Balaban J connectivity index is 1.82. The highest BCUT2D eigenvalue weighted by molar-refractivity contribution is 6.42. The minimum absolute atomic E-state index is 0.0815. The Morgan fingerprint density at radius 2 is 1.93 bits per heavy atom. The third-order valence-electron chi connectivity index (χ3n) is 4.38. The molecule has 2 amide bonds. The van der Waals surface area contributed by atoms with Gasteiger partial charge in [-0.15, -0.1) is 0 Å². The van der Waals surface area contributed by atoms with Crippen LogP contribution in [0.15, 0.2) is 36.4 Å². The molecule has 0 saturated heterocycles. The number of nitrogens with zero attached hydrogens (tertiary/aromatic N) is 2. The van der Waals surface area contributed by atoms with E-state index in [-0.39, 0.29) is 11.8 Å². The zero-order chi connectivity index (χ0) is 20.4. The highest BCUT2D eigenvalue weighted by Crippen LogP contribution is 2.36. The van der Waals surface area contributed by atoms with Crippen molar-refractivity contribution in [1.29, 1.82) is 0 Å². The Bertz CT molecular complexity index is 918. The van der Waals surface area contributed by atoms with Crippen LogP contribution in [0.5, 0.6) is 5.75 Å². The number of ether oxygens (including phenoxy) is 1. The molecule has 6 nitrogen and oxygen atoms in total. The van der Waals surface area contributed by atoms with Gasteiger partial charge in [0.2, 0.25) is 0 Å². The van der Waals surface area contributed by atoms with Crippen LogP contribution < -0.4 is 15.0 Å². The summed E-state index contributed by atoms with van der Waals surface area (Å²) >= 11 is 11.9. The molecule has 1 unspecified atom stereocenters. The van der Waals surface area contributed by atoms with Gasteiger partial charge in [-0.2, -0.15) is 0 Å². The van der Waals surface area contributed by atoms with Crippen molar-refractivity contribution in [3.63, 3.8) is 0 Å². The number of fused-ring (bicyclic) bond motifs is 1. The number of hydrogen-bond acceptors (Lipinski definition) is 4. The maximum Gasteiger partial charge on any atom is 0.267 e. The summed E-state index contributed by atoms with van der Waals surface area (Å²) in [6.45, 7) is 3.00. The molecule has 1 atom stereocenters. The molecular formula is C20H21Cl2N3O3. The number of carbonyl (C=O) groups excluding carboxylic acids is 2. The number of anilines is 2. The molecule has 0 aromatic heterocycles. The Morgan fingerprint density at radius 3 is 2.61 bits per heavy atom. The van der Waals surface area contributed by atoms with Crippen molar-refractivity contribution in [2.45, 2.75) is 13.0 Å². The summed E-state index contributed by atoms with van der Waals surface area (Å²) < 4.78 is 5.75. The highest BCUT2D eigenvalue weighted by Gasteiger charge is 2.31. The quantitative estimate of drug-likeness (QED) is 0.794. The van der Waals surface area contributed by atoms with E-state index in [1.165, 1.54) is 6.07 Å². The minimum atomic E-state index is -0.587. The van der Waals surface area contributed by atoms with E-state index in [4.69, 9.17) is 27.9 Å². The number of nitrogens with one attached hydrogen (secondary N) is 1. The minimum Gasteiger partial charge on any atom is -0.479 e. The lowest BCUT2D eigenvalue weighted by Crippen LogP contribution is -2.46. The lowest BCUT2D eigenvalue weighted by molar-refractivity contribution is -0.125. The average molecular weight is 422 g/mol. The molecule has 0 spiro atoms. The van der Waals surface area contributed by atoms with Crippen LogP contribution in [0.2, 0.25) is 10.0 Å². The number of benzene rings is 2. The van der Waals surface area contributed by atoms with E-state index in [0.29, 0.717) is 39.3 Å². The number of amides is 2. The topological polar surface area (TPSA) is 61.9 Å². The second-order valence-electron chi connectivity index (χ2n) is 6.82. The first-order valence-electron chi connectivity index (χ1n) is 8.79. The Labute approximate surface area is 174 Å². The lowest BCUT2D eigenvalue weighted by atomic mass is 10.1. The van der Waals surface area contributed by atoms with Crippen LogP contribution >= 0.6 is 23.2 Å². The molecule has 3 rings (SSSR count). The summed E-state index contributed by atoms with van der Waals surface area (Å²) in [4.78, 5) is 28.7. The average Bonchev–Trinajstić information content (AvgIpc) is 2.64. The van der Waals surface area contributed by atoms with Gasteiger partial charge in [0.25, 0.3) is 11.8 Å². The number of rotatable bonds is 5. The zero-order valence-electron chi connectivity index (χ0n) is 15.8. The Kier molecular flexibility index (Phi) is 6.13. The second kappa shape index (κ2) is 8.39. The highest BCUT2D eigenvalue weighted by atomic mass is 35.5. The fourth-order valence-electron chi connectivity index (χ4n) is 2.86. The van der Waals surface area contributed by atoms with Gasteiger partial charge in [-0.05, 0) is 51.4 Å². The molecule has 0 saturated carbocycles. The molecule has 0 fully saturated rings. The van der Waals surface area contributed by atoms with Gasteiger partial charge < -0.3 is 19.9 Å². The summed E-state index contributed by atoms with van der Waals surface area (Å²) in [5.41, 5.74) is 1.64. The van der Waals surface area contributed by atoms with Crippen LogP contribution in [0.25, 0.3) is 0 Å². The summed E-state index contributed by atoms with van der Waals surface area (Å²) in [6, 6.07) is 9.92. The van der Waals surface area contributed by atoms with Crippen molar-refractivity contribution in [3.8, 4) is 5.75 Å². The van der Waals surface area contributed by atoms with Crippen molar-refractivity contribution in [1.82, 2.24) is 4.90 Å². The standard InChI is InChI=1S/C20H21Cl2N3O3/c1-12-20(27)25(9-8-24(2)3)17-7-5-14(11-18(17)28-12)23-19(26)13-4-6-15(21)16(22)10-13/h4-7,10-12H,8-9H2,1-3H3,(H,23,26). The molecule has 1 aliphatic heterocycles. The van der Waals surface area contributed by atoms with E-state index in [9.17, 15) is 9.59 Å². The molecule has 1 heterocycles. The lowest BCUT2D eigenvalue weighted by Gasteiger charge is -2.34. The van der Waals surface area contributed by atoms with Crippen LogP contribution in [0.3, 0.4) is 0 Å². The number of halogens is 2. The van der Waals surface area contributed by atoms with Crippen LogP contribution in [-0.4, -0.2) is 50.0 Å². The largest absolute Gasteiger partial charge is 0.479 e. The molecule has 8 heteroatoms. The molecule has 148 valence electrons. The van der Waals surface area contributed by atoms with E-state index in [1.807, 2.05) is 19.0 Å². The predicted octanol–water partition coefficient (Wildman–Crippen LogP) is 3.92. The maximum atomic E-state index is 12.5.